The first-order chi connectivity index (χ1) is 11.7. The Morgan fingerprint density at radius 3 is 2.62 bits per heavy atom. The number of carbonyl (C=O) groups excluding carboxylic acids is 1. The maximum Gasteiger partial charge on any atom is 0.192 e. The standard InChI is InChI=1S/C21H17NOS/c1-4-13-12-17(20(23)15(13)5-2)21-22(3)19-16-9-7-6-8-14(16)10-11-18(19)24-21/h4-11H,1-2,12H2,3H3/b21-17-. The highest BCUT2D eigenvalue weighted by atomic mass is 32.2. The minimum Gasteiger partial charge on any atom is -0.337 e. The molecule has 2 nitrogen and oxygen atoms in total. The van der Waals surface area contributed by atoms with Crippen molar-refractivity contribution in [3.05, 3.63) is 83.5 Å². The van der Waals surface area contributed by atoms with Gasteiger partial charge >= 0.3 is 0 Å². The molecule has 2 aliphatic rings. The molecule has 1 aliphatic carbocycles. The second-order valence-electron chi connectivity index (χ2n) is 5.93. The van der Waals surface area contributed by atoms with Gasteiger partial charge in [0.15, 0.2) is 5.78 Å². The third kappa shape index (κ3) is 2.01. The molecule has 0 N–H and O–H groups in total. The van der Waals surface area contributed by atoms with E-state index in [4.69, 9.17) is 0 Å². The molecule has 1 aliphatic heterocycles. The number of fused-ring (bicyclic) bond motifs is 3. The van der Waals surface area contributed by atoms with Gasteiger partial charge in [0.2, 0.25) is 0 Å². The molecule has 3 heteroatoms. The van der Waals surface area contributed by atoms with Crippen LogP contribution < -0.4 is 4.90 Å². The van der Waals surface area contributed by atoms with Crippen molar-refractivity contribution in [2.24, 2.45) is 0 Å². The molecule has 0 atom stereocenters. The van der Waals surface area contributed by atoms with Crippen molar-refractivity contribution >= 4 is 34.0 Å². The van der Waals surface area contributed by atoms with E-state index in [0.29, 0.717) is 12.0 Å². The van der Waals surface area contributed by atoms with Crippen LogP contribution in [0.15, 0.2) is 88.4 Å². The minimum absolute atomic E-state index is 0.0753. The Labute approximate surface area is 145 Å². The molecule has 4 rings (SSSR count). The van der Waals surface area contributed by atoms with Gasteiger partial charge in [-0.15, -0.1) is 0 Å². The Hall–Kier alpha value is -2.52. The lowest BCUT2D eigenvalue weighted by Crippen LogP contribution is -2.14. The van der Waals surface area contributed by atoms with Gasteiger partial charge in [0.05, 0.1) is 10.7 Å². The maximum absolute atomic E-state index is 12.8. The van der Waals surface area contributed by atoms with E-state index in [-0.39, 0.29) is 5.78 Å². The Morgan fingerprint density at radius 2 is 1.92 bits per heavy atom. The van der Waals surface area contributed by atoms with Crippen LogP contribution in [0.25, 0.3) is 10.8 Å². The molecule has 0 saturated carbocycles. The highest BCUT2D eigenvalue weighted by Gasteiger charge is 2.33. The summed E-state index contributed by atoms with van der Waals surface area (Å²) in [5.41, 5.74) is 3.67. The molecule has 24 heavy (non-hydrogen) atoms. The molecule has 2 aromatic carbocycles. The molecule has 0 unspecified atom stereocenters. The summed E-state index contributed by atoms with van der Waals surface area (Å²) in [6, 6.07) is 12.6. The van der Waals surface area contributed by atoms with E-state index in [2.05, 4.69) is 48.4 Å². The molecule has 0 saturated heterocycles. The van der Waals surface area contributed by atoms with Gasteiger partial charge in [-0.1, -0.05) is 67.4 Å². The Kier molecular flexibility index (Phi) is 3.47. The highest BCUT2D eigenvalue weighted by Crippen LogP contribution is 2.51. The zero-order valence-corrected chi connectivity index (χ0v) is 14.3. The van der Waals surface area contributed by atoms with Crippen molar-refractivity contribution in [1.82, 2.24) is 0 Å². The predicted octanol–water partition coefficient (Wildman–Crippen LogP) is 5.23. The molecule has 0 amide bonds. The number of rotatable bonds is 2. The van der Waals surface area contributed by atoms with Crippen LogP contribution in [0.1, 0.15) is 6.42 Å². The molecular formula is C21H17NOS. The summed E-state index contributed by atoms with van der Waals surface area (Å²) in [5.74, 6) is 0.0753. The lowest BCUT2D eigenvalue weighted by molar-refractivity contribution is -0.111. The summed E-state index contributed by atoms with van der Waals surface area (Å²) < 4.78 is 0. The monoisotopic (exact) mass is 331 g/mol. The number of anilines is 1. The number of ketones is 1. The van der Waals surface area contributed by atoms with Gasteiger partial charge in [-0.3, -0.25) is 4.79 Å². The van der Waals surface area contributed by atoms with Crippen LogP contribution in [0.2, 0.25) is 0 Å². The third-order valence-corrected chi connectivity index (χ3v) is 5.91. The van der Waals surface area contributed by atoms with E-state index in [1.165, 1.54) is 21.4 Å². The van der Waals surface area contributed by atoms with Crippen molar-refractivity contribution in [1.29, 1.82) is 0 Å². The molecular weight excluding hydrogens is 314 g/mol. The van der Waals surface area contributed by atoms with Crippen LogP contribution in [-0.2, 0) is 4.79 Å². The number of benzene rings is 2. The number of hydrogen-bond acceptors (Lipinski definition) is 3. The smallest absolute Gasteiger partial charge is 0.192 e. The highest BCUT2D eigenvalue weighted by molar-refractivity contribution is 8.03. The van der Waals surface area contributed by atoms with Crippen molar-refractivity contribution < 1.29 is 4.79 Å². The Morgan fingerprint density at radius 1 is 1.12 bits per heavy atom. The van der Waals surface area contributed by atoms with Gasteiger partial charge in [-0.2, -0.15) is 0 Å². The SMILES string of the molecule is C=CC1=C(C=C)C(=O)/C(=C2\Sc3ccc4ccccc4c3N2C)C1. The normalized spacial score (nSPS) is 20.0. The van der Waals surface area contributed by atoms with Crippen LogP contribution >= 0.6 is 11.8 Å². The number of thioether (sulfide) groups is 1. The number of Topliss-reactive ketones (excluding diaryl/α,β-unsaturated/α-hetero) is 1. The van der Waals surface area contributed by atoms with Crippen molar-refractivity contribution in [2.75, 3.05) is 11.9 Å². The van der Waals surface area contributed by atoms with E-state index in [1.54, 1.807) is 23.9 Å². The van der Waals surface area contributed by atoms with Crippen LogP contribution in [-0.4, -0.2) is 12.8 Å². The van der Waals surface area contributed by atoms with Crippen LogP contribution in [0.4, 0.5) is 5.69 Å². The number of carbonyl (C=O) groups is 1. The number of allylic oxidation sites excluding steroid dienone is 5. The average Bonchev–Trinajstić information content (AvgIpc) is 3.11. The molecule has 0 fully saturated rings. The van der Waals surface area contributed by atoms with Crippen molar-refractivity contribution in [2.45, 2.75) is 11.3 Å². The minimum atomic E-state index is 0.0753. The first-order valence-corrected chi connectivity index (χ1v) is 8.66. The van der Waals surface area contributed by atoms with Crippen LogP contribution in [0.5, 0.6) is 0 Å². The predicted molar refractivity (Wildman–Crippen MR) is 102 cm³/mol. The maximum atomic E-state index is 12.8. The number of nitrogens with zero attached hydrogens (tertiary/aromatic N) is 1. The zero-order chi connectivity index (χ0) is 16.8. The lowest BCUT2D eigenvalue weighted by atomic mass is 10.1. The second-order valence-corrected chi connectivity index (χ2v) is 6.96. The molecule has 1 heterocycles. The molecule has 0 aromatic heterocycles. The van der Waals surface area contributed by atoms with Gasteiger partial charge in [-0.25, -0.2) is 0 Å². The second kappa shape index (κ2) is 5.53. The fourth-order valence-electron chi connectivity index (χ4n) is 3.45. The van der Waals surface area contributed by atoms with Crippen LogP contribution in [0.3, 0.4) is 0 Å². The summed E-state index contributed by atoms with van der Waals surface area (Å²) in [5, 5.41) is 3.44. The largest absolute Gasteiger partial charge is 0.337 e. The fourth-order valence-corrected chi connectivity index (χ4v) is 4.66. The molecule has 0 radical (unpaired) electrons. The van der Waals surface area contributed by atoms with Crippen molar-refractivity contribution in [3.8, 4) is 0 Å². The topological polar surface area (TPSA) is 20.3 Å². The van der Waals surface area contributed by atoms with Gasteiger partial charge in [0.1, 0.15) is 0 Å². The average molecular weight is 331 g/mol. The molecule has 0 bridgehead atoms. The third-order valence-electron chi connectivity index (χ3n) is 4.65. The van der Waals surface area contributed by atoms with E-state index >= 15 is 0 Å². The number of hydrogen-bond donors (Lipinski definition) is 0. The quantitative estimate of drug-likeness (QED) is 0.702. The lowest BCUT2D eigenvalue weighted by Gasteiger charge is -2.17. The van der Waals surface area contributed by atoms with Gasteiger partial charge in [0.25, 0.3) is 0 Å². The summed E-state index contributed by atoms with van der Waals surface area (Å²) in [6.45, 7) is 7.62. The van der Waals surface area contributed by atoms with Gasteiger partial charge in [0, 0.05) is 34.9 Å². The summed E-state index contributed by atoms with van der Waals surface area (Å²) in [6.07, 6.45) is 4.04. The zero-order valence-electron chi connectivity index (χ0n) is 13.5. The van der Waals surface area contributed by atoms with Gasteiger partial charge in [-0.05, 0) is 17.0 Å². The van der Waals surface area contributed by atoms with Crippen molar-refractivity contribution in [3.63, 3.8) is 0 Å². The van der Waals surface area contributed by atoms with E-state index < -0.39 is 0 Å². The Balaban J connectivity index is 1.86. The summed E-state index contributed by atoms with van der Waals surface area (Å²) >= 11 is 1.67. The first kappa shape index (κ1) is 15.0. The fraction of sp³-hybridized carbons (Fsp3) is 0.0952. The molecule has 0 spiro atoms. The molecule has 2 aromatic rings. The Bertz CT molecular complexity index is 980. The van der Waals surface area contributed by atoms with E-state index in [9.17, 15) is 4.79 Å². The summed E-state index contributed by atoms with van der Waals surface area (Å²) in [7, 11) is 2.04. The first-order valence-electron chi connectivity index (χ1n) is 7.85. The van der Waals surface area contributed by atoms with Gasteiger partial charge < -0.3 is 4.90 Å². The summed E-state index contributed by atoms with van der Waals surface area (Å²) in [4.78, 5) is 16.1. The van der Waals surface area contributed by atoms with E-state index in [1.807, 2.05) is 13.1 Å². The molecule has 118 valence electrons. The van der Waals surface area contributed by atoms with E-state index in [0.717, 1.165) is 16.2 Å². The van der Waals surface area contributed by atoms with Crippen LogP contribution in [0, 0.1) is 0 Å².